The molecule has 0 aliphatic rings. The Bertz CT molecular complexity index is 318. The fourth-order valence-electron chi connectivity index (χ4n) is 1.63. The van der Waals surface area contributed by atoms with Gasteiger partial charge in [-0.2, -0.15) is 0 Å². The number of unbranched alkanes of at least 4 members (excludes halogenated alkanes) is 1. The van der Waals surface area contributed by atoms with Crippen LogP contribution >= 0.6 is 0 Å². The molecule has 1 N–H and O–H groups in total. The van der Waals surface area contributed by atoms with Crippen molar-refractivity contribution in [3.63, 3.8) is 0 Å². The van der Waals surface area contributed by atoms with Gasteiger partial charge in [-0.3, -0.25) is 4.98 Å². The Morgan fingerprint density at radius 2 is 2.18 bits per heavy atom. The van der Waals surface area contributed by atoms with Crippen molar-refractivity contribution in [1.29, 1.82) is 0 Å². The molecular formula is C13H22N2O2. The number of hydrogen-bond acceptors (Lipinski definition) is 4. The molecule has 17 heavy (non-hydrogen) atoms. The minimum atomic E-state index is -0.1000. The van der Waals surface area contributed by atoms with Crippen molar-refractivity contribution in [3.8, 4) is 5.88 Å². The number of aliphatic hydroxyl groups excluding tert-OH is 1. The summed E-state index contributed by atoms with van der Waals surface area (Å²) in [6, 6.07) is 0. The molecule has 1 heterocycles. The molecule has 0 saturated carbocycles. The first-order valence-corrected chi connectivity index (χ1v) is 6.34. The minimum Gasteiger partial charge on any atom is -0.476 e. The van der Waals surface area contributed by atoms with Gasteiger partial charge in [0.2, 0.25) is 5.88 Å². The van der Waals surface area contributed by atoms with Crippen LogP contribution in [0.1, 0.15) is 45.2 Å². The zero-order chi connectivity index (χ0) is 12.5. The quantitative estimate of drug-likeness (QED) is 0.756. The SMILES string of the molecule is CCCCC(CC)COc1cncc(CO)n1. The van der Waals surface area contributed by atoms with Gasteiger partial charge in [0.25, 0.3) is 0 Å². The number of aliphatic hydroxyl groups is 1. The number of aromatic nitrogens is 2. The minimum absolute atomic E-state index is 0.1000. The molecule has 4 nitrogen and oxygen atoms in total. The molecule has 0 aliphatic heterocycles. The molecule has 0 bridgehead atoms. The highest BCUT2D eigenvalue weighted by molar-refractivity contribution is 5.07. The highest BCUT2D eigenvalue weighted by atomic mass is 16.5. The Kier molecular flexibility index (Phi) is 6.55. The molecular weight excluding hydrogens is 216 g/mol. The molecule has 0 spiro atoms. The third-order valence-electron chi connectivity index (χ3n) is 2.83. The van der Waals surface area contributed by atoms with E-state index in [0.717, 1.165) is 6.42 Å². The summed E-state index contributed by atoms with van der Waals surface area (Å²) < 4.78 is 5.61. The highest BCUT2D eigenvalue weighted by Gasteiger charge is 2.07. The van der Waals surface area contributed by atoms with Crippen LogP contribution in [-0.2, 0) is 6.61 Å². The van der Waals surface area contributed by atoms with Crippen LogP contribution in [0.5, 0.6) is 5.88 Å². The predicted octanol–water partition coefficient (Wildman–Crippen LogP) is 2.56. The van der Waals surface area contributed by atoms with Crippen LogP contribution in [0.4, 0.5) is 0 Å². The summed E-state index contributed by atoms with van der Waals surface area (Å²) in [4.78, 5) is 8.12. The number of nitrogens with zero attached hydrogens (tertiary/aromatic N) is 2. The van der Waals surface area contributed by atoms with Crippen LogP contribution < -0.4 is 4.74 Å². The maximum absolute atomic E-state index is 8.94. The van der Waals surface area contributed by atoms with E-state index in [1.165, 1.54) is 19.3 Å². The summed E-state index contributed by atoms with van der Waals surface area (Å²) in [5, 5.41) is 8.94. The first-order valence-electron chi connectivity index (χ1n) is 6.34. The maximum atomic E-state index is 8.94. The lowest BCUT2D eigenvalue weighted by Crippen LogP contribution is -2.12. The van der Waals surface area contributed by atoms with Crippen molar-refractivity contribution in [2.24, 2.45) is 5.92 Å². The van der Waals surface area contributed by atoms with Crippen LogP contribution in [-0.4, -0.2) is 21.7 Å². The molecule has 0 amide bonds. The summed E-state index contributed by atoms with van der Waals surface area (Å²) >= 11 is 0. The van der Waals surface area contributed by atoms with Crippen molar-refractivity contribution < 1.29 is 9.84 Å². The summed E-state index contributed by atoms with van der Waals surface area (Å²) in [5.41, 5.74) is 0.545. The molecule has 4 heteroatoms. The zero-order valence-electron chi connectivity index (χ0n) is 10.7. The average Bonchev–Trinajstić information content (AvgIpc) is 2.39. The lowest BCUT2D eigenvalue weighted by atomic mass is 10.0. The van der Waals surface area contributed by atoms with Crippen molar-refractivity contribution in [2.45, 2.75) is 46.1 Å². The molecule has 96 valence electrons. The molecule has 0 aliphatic carbocycles. The smallest absolute Gasteiger partial charge is 0.232 e. The molecule has 1 rings (SSSR count). The van der Waals surface area contributed by atoms with Crippen LogP contribution in [0.2, 0.25) is 0 Å². The van der Waals surface area contributed by atoms with Gasteiger partial charge in [-0.1, -0.05) is 33.1 Å². The summed E-state index contributed by atoms with van der Waals surface area (Å²) in [5.74, 6) is 1.08. The van der Waals surface area contributed by atoms with E-state index in [4.69, 9.17) is 9.84 Å². The van der Waals surface area contributed by atoms with Gasteiger partial charge < -0.3 is 9.84 Å². The van der Waals surface area contributed by atoms with Crippen LogP contribution in [0.25, 0.3) is 0 Å². The predicted molar refractivity (Wildman–Crippen MR) is 66.8 cm³/mol. The van der Waals surface area contributed by atoms with Gasteiger partial charge in [-0.15, -0.1) is 0 Å². The second-order valence-corrected chi connectivity index (χ2v) is 4.23. The van der Waals surface area contributed by atoms with E-state index in [0.29, 0.717) is 24.1 Å². The largest absolute Gasteiger partial charge is 0.476 e. The summed E-state index contributed by atoms with van der Waals surface area (Å²) in [7, 11) is 0. The normalized spacial score (nSPS) is 12.4. The van der Waals surface area contributed by atoms with Crippen molar-refractivity contribution >= 4 is 0 Å². The van der Waals surface area contributed by atoms with Gasteiger partial charge in [-0.05, 0) is 12.3 Å². The molecule has 1 aromatic heterocycles. The van der Waals surface area contributed by atoms with Gasteiger partial charge in [0.05, 0.1) is 31.3 Å². The second kappa shape index (κ2) is 8.01. The van der Waals surface area contributed by atoms with Gasteiger partial charge in [0.1, 0.15) is 0 Å². The Hall–Kier alpha value is -1.16. The van der Waals surface area contributed by atoms with Crippen molar-refractivity contribution in [3.05, 3.63) is 18.1 Å². The van der Waals surface area contributed by atoms with E-state index in [9.17, 15) is 0 Å². The molecule has 0 fully saturated rings. The van der Waals surface area contributed by atoms with E-state index in [1.54, 1.807) is 12.4 Å². The zero-order valence-corrected chi connectivity index (χ0v) is 10.7. The molecule has 1 atom stereocenters. The standard InChI is InChI=1S/C13H22N2O2/c1-3-5-6-11(4-2)10-17-13-8-14-7-12(9-16)15-13/h7-8,11,16H,3-6,9-10H2,1-2H3. The van der Waals surface area contributed by atoms with E-state index >= 15 is 0 Å². The third-order valence-corrected chi connectivity index (χ3v) is 2.83. The summed E-state index contributed by atoms with van der Waals surface area (Å²) in [6.45, 7) is 4.96. The maximum Gasteiger partial charge on any atom is 0.232 e. The van der Waals surface area contributed by atoms with E-state index in [-0.39, 0.29) is 6.61 Å². The van der Waals surface area contributed by atoms with E-state index < -0.39 is 0 Å². The molecule has 0 aromatic carbocycles. The first kappa shape index (κ1) is 13.9. The number of rotatable bonds is 8. The van der Waals surface area contributed by atoms with E-state index in [1.807, 2.05) is 0 Å². The first-order chi connectivity index (χ1) is 8.30. The number of hydrogen-bond donors (Lipinski definition) is 1. The Morgan fingerprint density at radius 3 is 2.82 bits per heavy atom. The summed E-state index contributed by atoms with van der Waals surface area (Å²) in [6.07, 6.45) is 7.90. The topological polar surface area (TPSA) is 55.2 Å². The molecule has 1 unspecified atom stereocenters. The fourth-order valence-corrected chi connectivity index (χ4v) is 1.63. The monoisotopic (exact) mass is 238 g/mol. The molecule has 0 saturated heterocycles. The van der Waals surface area contributed by atoms with Gasteiger partial charge >= 0.3 is 0 Å². The lowest BCUT2D eigenvalue weighted by Gasteiger charge is -2.14. The Labute approximate surface area is 103 Å². The van der Waals surface area contributed by atoms with Gasteiger partial charge in [-0.25, -0.2) is 4.98 Å². The van der Waals surface area contributed by atoms with Crippen molar-refractivity contribution in [1.82, 2.24) is 9.97 Å². The number of ether oxygens (including phenoxy) is 1. The highest BCUT2D eigenvalue weighted by Crippen LogP contribution is 2.14. The fraction of sp³-hybridized carbons (Fsp3) is 0.692. The Balaban J connectivity index is 2.41. The third kappa shape index (κ3) is 5.13. The van der Waals surface area contributed by atoms with E-state index in [2.05, 4.69) is 23.8 Å². The molecule has 0 radical (unpaired) electrons. The molecule has 1 aromatic rings. The van der Waals surface area contributed by atoms with Crippen molar-refractivity contribution in [2.75, 3.05) is 6.61 Å². The van der Waals surface area contributed by atoms with Crippen LogP contribution in [0, 0.1) is 5.92 Å². The van der Waals surface area contributed by atoms with Gasteiger partial charge in [0.15, 0.2) is 0 Å². The van der Waals surface area contributed by atoms with Crippen LogP contribution in [0.15, 0.2) is 12.4 Å². The van der Waals surface area contributed by atoms with Crippen LogP contribution in [0.3, 0.4) is 0 Å². The second-order valence-electron chi connectivity index (χ2n) is 4.23. The average molecular weight is 238 g/mol. The van der Waals surface area contributed by atoms with Gasteiger partial charge in [0, 0.05) is 0 Å². The lowest BCUT2D eigenvalue weighted by molar-refractivity contribution is 0.221. The Morgan fingerprint density at radius 1 is 1.35 bits per heavy atom.